The molecule has 0 unspecified atom stereocenters. The topological polar surface area (TPSA) is 66.4 Å². The lowest BCUT2D eigenvalue weighted by Crippen LogP contribution is -2.31. The van der Waals surface area contributed by atoms with Crippen molar-refractivity contribution >= 4 is 11.9 Å². The molecule has 1 aromatic carbocycles. The monoisotopic (exact) mass is 261 g/mol. The molecular formula is C15H19NO3. The van der Waals surface area contributed by atoms with Crippen molar-refractivity contribution in [1.29, 1.82) is 0 Å². The highest BCUT2D eigenvalue weighted by Gasteiger charge is 2.26. The number of nitrogens with one attached hydrogen (secondary N) is 1. The second kappa shape index (κ2) is 5.03. The Balaban J connectivity index is 2.12. The summed E-state index contributed by atoms with van der Waals surface area (Å²) in [6.07, 6.45) is 2.09. The smallest absolute Gasteiger partial charge is 0.309 e. The maximum atomic E-state index is 11.7. The van der Waals surface area contributed by atoms with Crippen molar-refractivity contribution in [3.05, 3.63) is 34.9 Å². The predicted octanol–water partition coefficient (Wildman–Crippen LogP) is 2.02. The van der Waals surface area contributed by atoms with Crippen molar-refractivity contribution in [3.63, 3.8) is 0 Å². The molecule has 0 saturated carbocycles. The van der Waals surface area contributed by atoms with Gasteiger partial charge in [0.25, 0.3) is 5.91 Å². The number of fused-ring (bicyclic) bond motifs is 1. The van der Waals surface area contributed by atoms with Crippen molar-refractivity contribution in [3.8, 4) is 0 Å². The van der Waals surface area contributed by atoms with E-state index in [0.29, 0.717) is 19.4 Å². The van der Waals surface area contributed by atoms with E-state index in [2.05, 4.69) is 5.32 Å². The van der Waals surface area contributed by atoms with Gasteiger partial charge in [0.2, 0.25) is 0 Å². The molecule has 0 radical (unpaired) electrons. The number of amides is 1. The molecule has 1 amide bonds. The van der Waals surface area contributed by atoms with Crippen LogP contribution in [-0.4, -0.2) is 23.5 Å². The fourth-order valence-corrected chi connectivity index (χ4v) is 2.18. The second-order valence-electron chi connectivity index (χ2n) is 5.69. The van der Waals surface area contributed by atoms with Crippen LogP contribution in [0.1, 0.15) is 41.8 Å². The largest absolute Gasteiger partial charge is 0.481 e. The van der Waals surface area contributed by atoms with Gasteiger partial charge >= 0.3 is 5.97 Å². The number of rotatable bonds is 4. The minimum absolute atomic E-state index is 0.0272. The average Bonchev–Trinajstić information content (AvgIpc) is 2.37. The van der Waals surface area contributed by atoms with Crippen LogP contribution in [0.5, 0.6) is 0 Å². The normalized spacial score (nSPS) is 14.7. The van der Waals surface area contributed by atoms with E-state index >= 15 is 0 Å². The van der Waals surface area contributed by atoms with Gasteiger partial charge in [0.05, 0.1) is 5.41 Å². The van der Waals surface area contributed by atoms with Crippen molar-refractivity contribution in [2.24, 2.45) is 5.41 Å². The van der Waals surface area contributed by atoms with Gasteiger partial charge in [-0.3, -0.25) is 9.59 Å². The van der Waals surface area contributed by atoms with Crippen LogP contribution >= 0.6 is 0 Å². The summed E-state index contributed by atoms with van der Waals surface area (Å²) in [4.78, 5) is 22.8. The van der Waals surface area contributed by atoms with Crippen LogP contribution < -0.4 is 5.32 Å². The molecule has 102 valence electrons. The highest BCUT2D eigenvalue weighted by molar-refractivity contribution is 5.96. The number of carbonyl (C=O) groups is 2. The summed E-state index contributed by atoms with van der Waals surface area (Å²) in [7, 11) is 0. The van der Waals surface area contributed by atoms with Gasteiger partial charge in [0.15, 0.2) is 0 Å². The highest BCUT2D eigenvalue weighted by atomic mass is 16.4. The van der Waals surface area contributed by atoms with Crippen LogP contribution in [0.25, 0.3) is 0 Å². The van der Waals surface area contributed by atoms with Gasteiger partial charge in [-0.05, 0) is 50.3 Å². The molecule has 0 fully saturated rings. The third-order valence-electron chi connectivity index (χ3n) is 3.72. The average molecular weight is 261 g/mol. The zero-order valence-corrected chi connectivity index (χ0v) is 11.3. The molecule has 1 aliphatic heterocycles. The molecule has 0 atom stereocenters. The Morgan fingerprint density at radius 1 is 1.42 bits per heavy atom. The Bertz CT molecular complexity index is 520. The SMILES string of the molecule is CC(C)(CCc1ccc2c(c1)C(=O)NCC2)C(=O)O. The number of aryl methyl sites for hydroxylation is 1. The van der Waals surface area contributed by atoms with Gasteiger partial charge in [-0.2, -0.15) is 0 Å². The van der Waals surface area contributed by atoms with E-state index in [0.717, 1.165) is 23.1 Å². The van der Waals surface area contributed by atoms with Gasteiger partial charge < -0.3 is 10.4 Å². The van der Waals surface area contributed by atoms with Crippen molar-refractivity contribution in [1.82, 2.24) is 5.32 Å². The molecule has 4 nitrogen and oxygen atoms in total. The molecule has 0 saturated heterocycles. The summed E-state index contributed by atoms with van der Waals surface area (Å²) in [5.74, 6) is -0.816. The van der Waals surface area contributed by atoms with Crippen LogP contribution in [0.2, 0.25) is 0 Å². The van der Waals surface area contributed by atoms with Crippen LogP contribution in [0, 0.1) is 5.41 Å². The fourth-order valence-electron chi connectivity index (χ4n) is 2.18. The van der Waals surface area contributed by atoms with Gasteiger partial charge in [-0.15, -0.1) is 0 Å². The van der Waals surface area contributed by atoms with Crippen molar-refractivity contribution < 1.29 is 14.7 Å². The lowest BCUT2D eigenvalue weighted by atomic mass is 9.85. The van der Waals surface area contributed by atoms with Gasteiger partial charge in [-0.25, -0.2) is 0 Å². The number of benzene rings is 1. The van der Waals surface area contributed by atoms with Gasteiger partial charge in [-0.1, -0.05) is 12.1 Å². The maximum absolute atomic E-state index is 11.7. The number of carbonyl (C=O) groups excluding carboxylic acids is 1. The number of aliphatic carboxylic acids is 1. The zero-order valence-electron chi connectivity index (χ0n) is 11.3. The molecule has 2 rings (SSSR count). The molecule has 0 aliphatic carbocycles. The van der Waals surface area contributed by atoms with Crippen molar-refractivity contribution in [2.45, 2.75) is 33.1 Å². The Morgan fingerprint density at radius 2 is 2.16 bits per heavy atom. The van der Waals surface area contributed by atoms with E-state index in [1.807, 2.05) is 18.2 Å². The Kier molecular flexibility index (Phi) is 3.60. The molecule has 1 aromatic rings. The standard InChI is InChI=1S/C15H19NO3/c1-15(2,14(18)19)7-5-10-3-4-11-6-8-16-13(17)12(11)9-10/h3-4,9H,5-8H2,1-2H3,(H,16,17)(H,18,19). The lowest BCUT2D eigenvalue weighted by molar-refractivity contribution is -0.147. The predicted molar refractivity (Wildman–Crippen MR) is 72.2 cm³/mol. The highest BCUT2D eigenvalue weighted by Crippen LogP contribution is 2.24. The van der Waals surface area contributed by atoms with E-state index in [-0.39, 0.29) is 5.91 Å². The van der Waals surface area contributed by atoms with Crippen LogP contribution in [0.4, 0.5) is 0 Å². The van der Waals surface area contributed by atoms with E-state index in [1.165, 1.54) is 0 Å². The molecule has 0 spiro atoms. The first-order valence-electron chi connectivity index (χ1n) is 6.53. The molecule has 1 heterocycles. The Labute approximate surface area is 112 Å². The minimum atomic E-state index is -0.789. The van der Waals surface area contributed by atoms with Crippen molar-refractivity contribution in [2.75, 3.05) is 6.54 Å². The lowest BCUT2D eigenvalue weighted by Gasteiger charge is -2.20. The number of carboxylic acid groups (broad SMARTS) is 1. The Hall–Kier alpha value is -1.84. The second-order valence-corrected chi connectivity index (χ2v) is 5.69. The van der Waals surface area contributed by atoms with Crippen LogP contribution in [-0.2, 0) is 17.6 Å². The third-order valence-corrected chi connectivity index (χ3v) is 3.72. The number of hydrogen-bond acceptors (Lipinski definition) is 2. The maximum Gasteiger partial charge on any atom is 0.309 e. The first kappa shape index (κ1) is 13.6. The Morgan fingerprint density at radius 3 is 2.84 bits per heavy atom. The first-order valence-corrected chi connectivity index (χ1v) is 6.53. The molecule has 19 heavy (non-hydrogen) atoms. The summed E-state index contributed by atoms with van der Waals surface area (Å²) in [6.45, 7) is 4.14. The molecule has 1 aliphatic rings. The quantitative estimate of drug-likeness (QED) is 0.871. The molecule has 2 N–H and O–H groups in total. The van der Waals surface area contributed by atoms with Crippen LogP contribution in [0.3, 0.4) is 0 Å². The van der Waals surface area contributed by atoms with E-state index in [1.54, 1.807) is 13.8 Å². The minimum Gasteiger partial charge on any atom is -0.481 e. The third kappa shape index (κ3) is 2.95. The number of carboxylic acids is 1. The summed E-state index contributed by atoms with van der Waals surface area (Å²) in [5.41, 5.74) is 2.09. The fraction of sp³-hybridized carbons (Fsp3) is 0.467. The van der Waals surface area contributed by atoms with E-state index < -0.39 is 11.4 Å². The van der Waals surface area contributed by atoms with E-state index in [4.69, 9.17) is 5.11 Å². The van der Waals surface area contributed by atoms with Gasteiger partial charge in [0.1, 0.15) is 0 Å². The van der Waals surface area contributed by atoms with E-state index in [9.17, 15) is 9.59 Å². The molecule has 0 bridgehead atoms. The molecular weight excluding hydrogens is 242 g/mol. The van der Waals surface area contributed by atoms with Gasteiger partial charge in [0, 0.05) is 12.1 Å². The number of hydrogen-bond donors (Lipinski definition) is 2. The summed E-state index contributed by atoms with van der Waals surface area (Å²) in [5, 5.41) is 11.9. The van der Waals surface area contributed by atoms with Crippen LogP contribution in [0.15, 0.2) is 18.2 Å². The first-order chi connectivity index (χ1) is 8.90. The molecule has 4 heteroatoms. The summed E-state index contributed by atoms with van der Waals surface area (Å²) >= 11 is 0. The summed E-state index contributed by atoms with van der Waals surface area (Å²) < 4.78 is 0. The summed E-state index contributed by atoms with van der Waals surface area (Å²) in [6, 6.07) is 5.87. The zero-order chi connectivity index (χ0) is 14.0. The molecule has 0 aromatic heterocycles.